The van der Waals surface area contributed by atoms with Crippen LogP contribution in [0.2, 0.25) is 0 Å². The number of aliphatic hydroxyl groups excluding tert-OH is 1. The molecular formula is C15H13NOS. The van der Waals surface area contributed by atoms with E-state index in [1.807, 2.05) is 31.2 Å². The molecule has 0 spiro atoms. The largest absolute Gasteiger partial charge is 0.384 e. The second-order valence-electron chi connectivity index (χ2n) is 4.32. The number of hydrogen-bond donors (Lipinski definition) is 1. The summed E-state index contributed by atoms with van der Waals surface area (Å²) in [6.45, 7) is 1.93. The third-order valence-electron chi connectivity index (χ3n) is 3.04. The lowest BCUT2D eigenvalue weighted by molar-refractivity contribution is 0.222. The Balaban J connectivity index is 2.12. The number of pyridine rings is 1. The number of aromatic nitrogens is 1. The molecule has 0 aliphatic heterocycles. The van der Waals surface area contributed by atoms with E-state index in [1.165, 1.54) is 5.39 Å². The van der Waals surface area contributed by atoms with E-state index in [2.05, 4.69) is 22.5 Å². The predicted molar refractivity (Wildman–Crippen MR) is 74.9 cm³/mol. The highest BCUT2D eigenvalue weighted by atomic mass is 32.1. The number of benzene rings is 1. The molecule has 1 atom stereocenters. The molecule has 0 radical (unpaired) electrons. The Morgan fingerprint density at radius 1 is 1.22 bits per heavy atom. The van der Waals surface area contributed by atoms with E-state index in [-0.39, 0.29) is 0 Å². The number of thiophene rings is 1. The van der Waals surface area contributed by atoms with Gasteiger partial charge in [-0.3, -0.25) is 4.98 Å². The molecule has 0 aliphatic carbocycles. The SMILES string of the molecule is Cc1cc(C(O)c2cccc3ccsc23)ccn1. The third kappa shape index (κ3) is 1.92. The molecule has 0 amide bonds. The van der Waals surface area contributed by atoms with Crippen molar-refractivity contribution in [1.82, 2.24) is 4.98 Å². The van der Waals surface area contributed by atoms with Gasteiger partial charge in [-0.25, -0.2) is 0 Å². The third-order valence-corrected chi connectivity index (χ3v) is 4.02. The molecule has 0 bridgehead atoms. The van der Waals surface area contributed by atoms with Gasteiger partial charge in [-0.1, -0.05) is 18.2 Å². The quantitative estimate of drug-likeness (QED) is 0.757. The second kappa shape index (κ2) is 4.52. The fourth-order valence-electron chi connectivity index (χ4n) is 2.15. The van der Waals surface area contributed by atoms with Gasteiger partial charge in [0.25, 0.3) is 0 Å². The fourth-order valence-corrected chi connectivity index (χ4v) is 3.09. The number of nitrogens with zero attached hydrogens (tertiary/aromatic N) is 1. The van der Waals surface area contributed by atoms with E-state index < -0.39 is 6.10 Å². The Morgan fingerprint density at radius 2 is 2.11 bits per heavy atom. The molecule has 3 aromatic rings. The summed E-state index contributed by atoms with van der Waals surface area (Å²) in [6.07, 6.45) is 1.15. The van der Waals surface area contributed by atoms with Gasteiger partial charge < -0.3 is 5.11 Å². The van der Waals surface area contributed by atoms with E-state index >= 15 is 0 Å². The van der Waals surface area contributed by atoms with Crippen molar-refractivity contribution >= 4 is 21.4 Å². The van der Waals surface area contributed by atoms with Gasteiger partial charge in [0.1, 0.15) is 6.10 Å². The van der Waals surface area contributed by atoms with Crippen molar-refractivity contribution in [3.05, 3.63) is 64.8 Å². The lowest BCUT2D eigenvalue weighted by atomic mass is 10.0. The Hall–Kier alpha value is -1.71. The molecule has 3 heteroatoms. The first-order valence-corrected chi connectivity index (χ1v) is 6.70. The van der Waals surface area contributed by atoms with Gasteiger partial charge in [0.15, 0.2) is 0 Å². The van der Waals surface area contributed by atoms with Crippen molar-refractivity contribution < 1.29 is 5.11 Å². The molecule has 18 heavy (non-hydrogen) atoms. The summed E-state index contributed by atoms with van der Waals surface area (Å²) in [7, 11) is 0. The van der Waals surface area contributed by atoms with Crippen LogP contribution in [0.3, 0.4) is 0 Å². The first kappa shape index (κ1) is 11.4. The predicted octanol–water partition coefficient (Wildman–Crippen LogP) is 3.69. The molecule has 2 nitrogen and oxygen atoms in total. The summed E-state index contributed by atoms with van der Waals surface area (Å²) in [6, 6.07) is 11.9. The maximum Gasteiger partial charge on any atom is 0.106 e. The topological polar surface area (TPSA) is 33.1 Å². The van der Waals surface area contributed by atoms with E-state index in [4.69, 9.17) is 0 Å². The van der Waals surface area contributed by atoms with E-state index in [1.54, 1.807) is 17.5 Å². The highest BCUT2D eigenvalue weighted by Gasteiger charge is 2.14. The van der Waals surface area contributed by atoms with Gasteiger partial charge in [0.05, 0.1) is 0 Å². The van der Waals surface area contributed by atoms with E-state index in [0.29, 0.717) is 0 Å². The molecule has 90 valence electrons. The zero-order valence-corrected chi connectivity index (χ0v) is 10.8. The molecular weight excluding hydrogens is 242 g/mol. The van der Waals surface area contributed by atoms with Crippen LogP contribution in [0.25, 0.3) is 10.1 Å². The summed E-state index contributed by atoms with van der Waals surface area (Å²) < 4.78 is 1.15. The number of fused-ring (bicyclic) bond motifs is 1. The summed E-state index contributed by atoms with van der Waals surface area (Å²) in [5.74, 6) is 0. The van der Waals surface area contributed by atoms with Crippen LogP contribution in [-0.4, -0.2) is 10.1 Å². The molecule has 1 unspecified atom stereocenters. The maximum absolute atomic E-state index is 10.5. The van der Waals surface area contributed by atoms with E-state index in [9.17, 15) is 5.11 Å². The normalized spacial score (nSPS) is 12.8. The van der Waals surface area contributed by atoms with Crippen molar-refractivity contribution in [2.45, 2.75) is 13.0 Å². The molecule has 1 N–H and O–H groups in total. The minimum absolute atomic E-state index is 0.589. The molecule has 0 saturated carbocycles. The highest BCUT2D eigenvalue weighted by molar-refractivity contribution is 7.17. The van der Waals surface area contributed by atoms with E-state index in [0.717, 1.165) is 21.5 Å². The van der Waals surface area contributed by atoms with Crippen molar-refractivity contribution in [3.63, 3.8) is 0 Å². The second-order valence-corrected chi connectivity index (χ2v) is 5.24. The van der Waals surface area contributed by atoms with Crippen molar-refractivity contribution in [3.8, 4) is 0 Å². The molecule has 0 saturated heterocycles. The number of hydrogen-bond acceptors (Lipinski definition) is 3. The molecule has 3 rings (SSSR count). The lowest BCUT2D eigenvalue weighted by Crippen LogP contribution is -2.00. The van der Waals surface area contributed by atoms with Crippen molar-refractivity contribution in [1.29, 1.82) is 0 Å². The summed E-state index contributed by atoms with van der Waals surface area (Å²) in [4.78, 5) is 4.16. The minimum Gasteiger partial charge on any atom is -0.384 e. The van der Waals surface area contributed by atoms with Crippen LogP contribution >= 0.6 is 11.3 Å². The molecule has 0 fully saturated rings. The van der Waals surface area contributed by atoms with Crippen LogP contribution in [0, 0.1) is 6.92 Å². The van der Waals surface area contributed by atoms with Gasteiger partial charge in [-0.2, -0.15) is 0 Å². The van der Waals surface area contributed by atoms with Crippen molar-refractivity contribution in [2.24, 2.45) is 0 Å². The summed E-state index contributed by atoms with van der Waals surface area (Å²) >= 11 is 1.67. The summed E-state index contributed by atoms with van der Waals surface area (Å²) in [5, 5.41) is 13.7. The zero-order chi connectivity index (χ0) is 12.5. The maximum atomic E-state index is 10.5. The smallest absolute Gasteiger partial charge is 0.106 e. The molecule has 2 aromatic heterocycles. The van der Waals surface area contributed by atoms with Crippen LogP contribution in [0.1, 0.15) is 22.9 Å². The Kier molecular flexibility index (Phi) is 2.86. The lowest BCUT2D eigenvalue weighted by Gasteiger charge is -2.12. The Labute approximate surface area is 110 Å². The van der Waals surface area contributed by atoms with Crippen LogP contribution < -0.4 is 0 Å². The fraction of sp³-hybridized carbons (Fsp3) is 0.133. The standard InChI is InChI=1S/C15H13NOS/c1-10-9-12(5-7-16-10)14(17)13-4-2-3-11-6-8-18-15(11)13/h2-9,14,17H,1H3. The van der Waals surface area contributed by atoms with Crippen LogP contribution in [-0.2, 0) is 0 Å². The average molecular weight is 255 g/mol. The number of aliphatic hydroxyl groups is 1. The number of aryl methyl sites for hydroxylation is 1. The van der Waals surface area contributed by atoms with Gasteiger partial charge in [0.2, 0.25) is 0 Å². The zero-order valence-electron chi connectivity index (χ0n) is 10.00. The average Bonchev–Trinajstić information content (AvgIpc) is 2.86. The summed E-state index contributed by atoms with van der Waals surface area (Å²) in [5.41, 5.74) is 2.78. The highest BCUT2D eigenvalue weighted by Crippen LogP contribution is 2.32. The Morgan fingerprint density at radius 3 is 2.94 bits per heavy atom. The molecule has 1 aromatic carbocycles. The Bertz CT molecular complexity index is 690. The van der Waals surface area contributed by atoms with Crippen LogP contribution in [0.5, 0.6) is 0 Å². The van der Waals surface area contributed by atoms with Gasteiger partial charge in [0, 0.05) is 22.2 Å². The van der Waals surface area contributed by atoms with Crippen LogP contribution in [0.4, 0.5) is 0 Å². The first-order chi connectivity index (χ1) is 8.75. The van der Waals surface area contributed by atoms with Gasteiger partial charge in [-0.15, -0.1) is 11.3 Å². The monoisotopic (exact) mass is 255 g/mol. The van der Waals surface area contributed by atoms with Gasteiger partial charge >= 0.3 is 0 Å². The van der Waals surface area contributed by atoms with Crippen molar-refractivity contribution in [2.75, 3.05) is 0 Å². The van der Waals surface area contributed by atoms with Gasteiger partial charge in [-0.05, 0) is 41.5 Å². The molecule has 0 aliphatic rings. The minimum atomic E-state index is -0.589. The molecule has 2 heterocycles. The first-order valence-electron chi connectivity index (χ1n) is 5.82. The van der Waals surface area contributed by atoms with Crippen LogP contribution in [0.15, 0.2) is 48.0 Å². The number of rotatable bonds is 2.